The quantitative estimate of drug-likeness (QED) is 0.309. The zero-order valence-corrected chi connectivity index (χ0v) is 19.6. The smallest absolute Gasteiger partial charge is 0.191 e. The van der Waals surface area contributed by atoms with E-state index in [0.717, 1.165) is 55.3 Å². The lowest BCUT2D eigenvalue weighted by Gasteiger charge is -2.18. The standard InChI is InChI=1S/C20H27BrN4O.HI/c1-2-22-20(23-11-9-19-4-3-13-26-19)24-14-16-10-12-25(15-16)18-7-5-17(21)6-8-18;/h3-8,13,16H,2,9-12,14-15H2,1H3,(H2,22,23,24);1H. The second-order valence-electron chi connectivity index (χ2n) is 6.55. The fourth-order valence-electron chi connectivity index (χ4n) is 3.19. The Labute approximate surface area is 187 Å². The molecule has 0 aliphatic carbocycles. The van der Waals surface area contributed by atoms with Gasteiger partial charge in [-0.3, -0.25) is 4.99 Å². The Morgan fingerprint density at radius 3 is 2.78 bits per heavy atom. The molecule has 2 N–H and O–H groups in total. The van der Waals surface area contributed by atoms with Crippen molar-refractivity contribution in [3.05, 3.63) is 52.9 Å². The highest BCUT2D eigenvalue weighted by Crippen LogP contribution is 2.25. The molecule has 0 bridgehead atoms. The number of furan rings is 1. The molecule has 2 heterocycles. The Kier molecular flexibility index (Phi) is 9.47. The molecule has 0 radical (unpaired) electrons. The van der Waals surface area contributed by atoms with Gasteiger partial charge in [0.1, 0.15) is 5.76 Å². The summed E-state index contributed by atoms with van der Waals surface area (Å²) in [6.45, 7) is 6.79. The van der Waals surface area contributed by atoms with Crippen LogP contribution in [0.4, 0.5) is 5.69 Å². The zero-order chi connectivity index (χ0) is 18.2. The number of nitrogens with one attached hydrogen (secondary N) is 2. The lowest BCUT2D eigenvalue weighted by Crippen LogP contribution is -2.38. The number of aliphatic imine (C=N–C) groups is 1. The normalized spacial score (nSPS) is 16.9. The van der Waals surface area contributed by atoms with Crippen LogP contribution in [0.5, 0.6) is 0 Å². The van der Waals surface area contributed by atoms with E-state index in [1.165, 1.54) is 12.1 Å². The number of halogens is 2. The summed E-state index contributed by atoms with van der Waals surface area (Å²) in [6.07, 6.45) is 3.76. The molecule has 0 saturated carbocycles. The number of hydrogen-bond donors (Lipinski definition) is 2. The molecule has 27 heavy (non-hydrogen) atoms. The SMILES string of the molecule is CCNC(=NCC1CCN(c2ccc(Br)cc2)C1)NCCc1ccco1.I. The number of anilines is 1. The van der Waals surface area contributed by atoms with Crippen LogP contribution in [0.15, 0.2) is 56.5 Å². The van der Waals surface area contributed by atoms with E-state index in [9.17, 15) is 0 Å². The number of benzene rings is 1. The van der Waals surface area contributed by atoms with Gasteiger partial charge in [-0.2, -0.15) is 0 Å². The van der Waals surface area contributed by atoms with E-state index in [1.807, 2.05) is 12.1 Å². The molecule has 1 fully saturated rings. The van der Waals surface area contributed by atoms with Crippen molar-refractivity contribution in [1.29, 1.82) is 0 Å². The second kappa shape index (κ2) is 11.6. The minimum Gasteiger partial charge on any atom is -0.469 e. The van der Waals surface area contributed by atoms with Gasteiger partial charge in [0.05, 0.1) is 6.26 Å². The molecule has 1 aliphatic heterocycles. The number of hydrogen-bond acceptors (Lipinski definition) is 3. The van der Waals surface area contributed by atoms with Gasteiger partial charge in [-0.1, -0.05) is 15.9 Å². The van der Waals surface area contributed by atoms with Crippen molar-refractivity contribution < 1.29 is 4.42 Å². The summed E-state index contributed by atoms with van der Waals surface area (Å²) in [6, 6.07) is 12.5. The fraction of sp³-hybridized carbons (Fsp3) is 0.450. The van der Waals surface area contributed by atoms with Crippen LogP contribution >= 0.6 is 39.9 Å². The van der Waals surface area contributed by atoms with Gasteiger partial charge >= 0.3 is 0 Å². The fourth-order valence-corrected chi connectivity index (χ4v) is 3.45. The minimum atomic E-state index is 0. The third-order valence-corrected chi connectivity index (χ3v) is 5.10. The van der Waals surface area contributed by atoms with Crippen LogP contribution in [0, 0.1) is 5.92 Å². The lowest BCUT2D eigenvalue weighted by molar-refractivity contribution is 0.506. The van der Waals surface area contributed by atoms with E-state index in [-0.39, 0.29) is 24.0 Å². The van der Waals surface area contributed by atoms with Gasteiger partial charge in [0.15, 0.2) is 5.96 Å². The van der Waals surface area contributed by atoms with Gasteiger partial charge in [0.25, 0.3) is 0 Å². The first-order valence-corrected chi connectivity index (χ1v) is 10.1. The topological polar surface area (TPSA) is 52.8 Å². The second-order valence-corrected chi connectivity index (χ2v) is 7.47. The molecule has 2 aromatic rings. The molecule has 3 rings (SSSR count). The van der Waals surface area contributed by atoms with Crippen LogP contribution in [0.1, 0.15) is 19.1 Å². The van der Waals surface area contributed by atoms with Crippen molar-refractivity contribution in [1.82, 2.24) is 10.6 Å². The molecule has 1 aromatic carbocycles. The van der Waals surface area contributed by atoms with Crippen LogP contribution in [-0.2, 0) is 6.42 Å². The first kappa shape index (κ1) is 22.1. The maximum absolute atomic E-state index is 5.37. The van der Waals surface area contributed by atoms with Crippen molar-refractivity contribution in [3.63, 3.8) is 0 Å². The molecule has 1 saturated heterocycles. The first-order chi connectivity index (χ1) is 12.7. The predicted octanol–water partition coefficient (Wildman–Crippen LogP) is 4.28. The number of rotatable bonds is 7. The Balaban J connectivity index is 0.00000261. The van der Waals surface area contributed by atoms with E-state index in [4.69, 9.17) is 9.41 Å². The maximum atomic E-state index is 5.37. The van der Waals surface area contributed by atoms with Gasteiger partial charge < -0.3 is 20.0 Å². The van der Waals surface area contributed by atoms with Crippen molar-refractivity contribution in [2.75, 3.05) is 37.6 Å². The van der Waals surface area contributed by atoms with Crippen LogP contribution < -0.4 is 15.5 Å². The predicted molar refractivity (Wildman–Crippen MR) is 126 cm³/mol. The molecule has 0 amide bonds. The van der Waals surface area contributed by atoms with E-state index in [1.54, 1.807) is 6.26 Å². The molecule has 1 atom stereocenters. The van der Waals surface area contributed by atoms with Crippen LogP contribution in [0.25, 0.3) is 0 Å². The summed E-state index contributed by atoms with van der Waals surface area (Å²) in [5, 5.41) is 6.72. The van der Waals surface area contributed by atoms with Gasteiger partial charge in [0.2, 0.25) is 0 Å². The van der Waals surface area contributed by atoms with Crippen molar-refractivity contribution in [2.45, 2.75) is 19.8 Å². The Morgan fingerprint density at radius 1 is 1.26 bits per heavy atom. The Hall–Kier alpha value is -1.22. The average Bonchev–Trinajstić information content (AvgIpc) is 3.32. The summed E-state index contributed by atoms with van der Waals surface area (Å²) < 4.78 is 6.49. The van der Waals surface area contributed by atoms with E-state index in [2.05, 4.69) is 62.7 Å². The molecule has 5 nitrogen and oxygen atoms in total. The zero-order valence-electron chi connectivity index (χ0n) is 15.7. The molecular weight excluding hydrogens is 519 g/mol. The van der Waals surface area contributed by atoms with Crippen LogP contribution in [0.3, 0.4) is 0 Å². The molecule has 148 valence electrons. The Morgan fingerprint density at radius 2 is 2.07 bits per heavy atom. The van der Waals surface area contributed by atoms with Crippen LogP contribution in [-0.4, -0.2) is 38.7 Å². The highest BCUT2D eigenvalue weighted by atomic mass is 127. The van der Waals surface area contributed by atoms with Crippen molar-refractivity contribution >= 4 is 51.6 Å². The highest BCUT2D eigenvalue weighted by molar-refractivity contribution is 14.0. The monoisotopic (exact) mass is 546 g/mol. The lowest BCUT2D eigenvalue weighted by atomic mass is 10.1. The molecule has 1 aliphatic rings. The summed E-state index contributed by atoms with van der Waals surface area (Å²) in [5.41, 5.74) is 1.29. The summed E-state index contributed by atoms with van der Waals surface area (Å²) >= 11 is 3.50. The van der Waals surface area contributed by atoms with Gasteiger partial charge in [-0.05, 0) is 55.7 Å². The third-order valence-electron chi connectivity index (χ3n) is 4.57. The van der Waals surface area contributed by atoms with Gasteiger partial charge in [-0.25, -0.2) is 0 Å². The molecular formula is C20H28BrIN4O. The first-order valence-electron chi connectivity index (χ1n) is 9.29. The largest absolute Gasteiger partial charge is 0.469 e. The van der Waals surface area contributed by atoms with Gasteiger partial charge in [-0.15, -0.1) is 24.0 Å². The molecule has 1 unspecified atom stereocenters. The van der Waals surface area contributed by atoms with E-state index < -0.39 is 0 Å². The van der Waals surface area contributed by atoms with Gasteiger partial charge in [0, 0.05) is 49.3 Å². The minimum absolute atomic E-state index is 0. The Bertz CT molecular complexity index is 691. The van der Waals surface area contributed by atoms with Crippen LogP contribution in [0.2, 0.25) is 0 Å². The summed E-state index contributed by atoms with van der Waals surface area (Å²) in [4.78, 5) is 7.23. The van der Waals surface area contributed by atoms with Crippen molar-refractivity contribution in [3.8, 4) is 0 Å². The number of guanidine groups is 1. The molecule has 0 spiro atoms. The summed E-state index contributed by atoms with van der Waals surface area (Å²) in [5.74, 6) is 2.48. The third kappa shape index (κ3) is 7.03. The molecule has 7 heteroatoms. The maximum Gasteiger partial charge on any atom is 0.191 e. The van der Waals surface area contributed by atoms with Crippen molar-refractivity contribution in [2.24, 2.45) is 10.9 Å². The number of nitrogens with zero attached hydrogens (tertiary/aromatic N) is 2. The summed E-state index contributed by atoms with van der Waals surface area (Å²) in [7, 11) is 0. The van der Waals surface area contributed by atoms with E-state index in [0.29, 0.717) is 5.92 Å². The highest BCUT2D eigenvalue weighted by Gasteiger charge is 2.22. The average molecular weight is 547 g/mol. The molecule has 1 aromatic heterocycles. The van der Waals surface area contributed by atoms with E-state index >= 15 is 0 Å².